The third-order valence-corrected chi connectivity index (χ3v) is 4.03. The predicted molar refractivity (Wildman–Crippen MR) is 54.6 cm³/mol. The highest BCUT2D eigenvalue weighted by Gasteiger charge is 2.38. The molecule has 13 heavy (non-hydrogen) atoms. The minimum Gasteiger partial charge on any atom is -0.381 e. The van der Waals surface area contributed by atoms with Crippen LogP contribution < -0.4 is 0 Å². The normalized spacial score (nSPS) is 40.4. The molecule has 1 aliphatic carbocycles. The third kappa shape index (κ3) is 1.90. The van der Waals surface area contributed by atoms with Gasteiger partial charge in [0.25, 0.3) is 0 Å². The maximum Gasteiger partial charge on any atom is 0.0498 e. The van der Waals surface area contributed by atoms with Crippen molar-refractivity contribution in [1.82, 2.24) is 0 Å². The lowest BCUT2D eigenvalue weighted by Crippen LogP contribution is -2.31. The maximum absolute atomic E-state index is 5.55. The Bertz CT molecular complexity index is 180. The summed E-state index contributed by atoms with van der Waals surface area (Å²) < 4.78 is 5.55. The summed E-state index contributed by atoms with van der Waals surface area (Å²) in [7, 11) is 0. The van der Waals surface area contributed by atoms with Crippen LogP contribution in [0.5, 0.6) is 0 Å². The van der Waals surface area contributed by atoms with Crippen LogP contribution in [0.4, 0.5) is 0 Å². The Morgan fingerprint density at radius 2 is 1.69 bits per heavy atom. The quantitative estimate of drug-likeness (QED) is 0.559. The fourth-order valence-corrected chi connectivity index (χ4v) is 2.91. The van der Waals surface area contributed by atoms with Gasteiger partial charge in [-0.1, -0.05) is 20.8 Å². The van der Waals surface area contributed by atoms with E-state index >= 15 is 0 Å². The molecular weight excluding hydrogens is 160 g/mol. The molecule has 1 heterocycles. The van der Waals surface area contributed by atoms with Crippen LogP contribution in [-0.2, 0) is 4.74 Å². The molecule has 1 aliphatic heterocycles. The summed E-state index contributed by atoms with van der Waals surface area (Å²) in [5.41, 5.74) is 0.508. The first-order valence-electron chi connectivity index (χ1n) is 5.65. The van der Waals surface area contributed by atoms with E-state index in [0.717, 1.165) is 31.0 Å². The summed E-state index contributed by atoms with van der Waals surface area (Å²) in [6.07, 6.45) is 4.24. The van der Waals surface area contributed by atoms with Gasteiger partial charge >= 0.3 is 0 Å². The van der Waals surface area contributed by atoms with Crippen molar-refractivity contribution in [2.45, 2.75) is 40.0 Å². The molecule has 76 valence electrons. The molecule has 0 N–H and O–H groups in total. The van der Waals surface area contributed by atoms with E-state index in [4.69, 9.17) is 4.74 Å². The summed E-state index contributed by atoms with van der Waals surface area (Å²) in [6, 6.07) is 0. The van der Waals surface area contributed by atoms with Crippen molar-refractivity contribution in [3.8, 4) is 0 Å². The van der Waals surface area contributed by atoms with Gasteiger partial charge in [0.15, 0.2) is 0 Å². The van der Waals surface area contributed by atoms with Crippen LogP contribution in [0.15, 0.2) is 0 Å². The van der Waals surface area contributed by atoms with Crippen LogP contribution in [0, 0.1) is 23.2 Å². The van der Waals surface area contributed by atoms with E-state index in [9.17, 15) is 0 Å². The lowest BCUT2D eigenvalue weighted by Gasteiger charge is -2.38. The summed E-state index contributed by atoms with van der Waals surface area (Å²) >= 11 is 0. The standard InChI is InChI=1S/C12H22O/c1-12(2,3)11-5-4-9-7-13-8-10(9)6-11/h9-11H,4-8H2,1-3H3. The first kappa shape index (κ1) is 9.51. The maximum atomic E-state index is 5.55. The van der Waals surface area contributed by atoms with Crippen LogP contribution in [-0.4, -0.2) is 13.2 Å². The zero-order valence-corrected chi connectivity index (χ0v) is 9.18. The lowest BCUT2D eigenvalue weighted by molar-refractivity contribution is 0.121. The van der Waals surface area contributed by atoms with Crippen LogP contribution in [0.25, 0.3) is 0 Å². The minimum absolute atomic E-state index is 0.508. The van der Waals surface area contributed by atoms with E-state index in [2.05, 4.69) is 20.8 Å². The highest BCUT2D eigenvalue weighted by molar-refractivity contribution is 4.87. The van der Waals surface area contributed by atoms with Crippen molar-refractivity contribution < 1.29 is 4.74 Å². The average molecular weight is 182 g/mol. The molecule has 1 heteroatoms. The van der Waals surface area contributed by atoms with Crippen LogP contribution in [0.3, 0.4) is 0 Å². The molecule has 0 radical (unpaired) electrons. The van der Waals surface area contributed by atoms with Crippen LogP contribution in [0.1, 0.15) is 40.0 Å². The molecule has 1 nitrogen and oxygen atoms in total. The fourth-order valence-electron chi connectivity index (χ4n) is 2.91. The second-order valence-corrected chi connectivity index (χ2v) is 5.93. The van der Waals surface area contributed by atoms with Gasteiger partial charge in [-0.3, -0.25) is 0 Å². The summed E-state index contributed by atoms with van der Waals surface area (Å²) in [5, 5.41) is 0. The molecule has 0 aromatic heterocycles. The third-order valence-electron chi connectivity index (χ3n) is 4.03. The molecule has 0 bridgehead atoms. The van der Waals surface area contributed by atoms with Crippen molar-refractivity contribution in [1.29, 1.82) is 0 Å². The van der Waals surface area contributed by atoms with Crippen LogP contribution >= 0.6 is 0 Å². The van der Waals surface area contributed by atoms with E-state index < -0.39 is 0 Å². The molecule has 3 atom stereocenters. The summed E-state index contributed by atoms with van der Waals surface area (Å²) in [4.78, 5) is 0. The first-order chi connectivity index (χ1) is 6.07. The zero-order valence-electron chi connectivity index (χ0n) is 9.18. The van der Waals surface area contributed by atoms with Gasteiger partial charge < -0.3 is 4.74 Å². The van der Waals surface area contributed by atoms with Gasteiger partial charge in [0, 0.05) is 13.2 Å². The average Bonchev–Trinajstić information content (AvgIpc) is 2.47. The van der Waals surface area contributed by atoms with E-state index in [1.165, 1.54) is 19.3 Å². The highest BCUT2D eigenvalue weighted by atomic mass is 16.5. The van der Waals surface area contributed by atoms with Crippen molar-refractivity contribution in [3.05, 3.63) is 0 Å². The van der Waals surface area contributed by atoms with Crippen molar-refractivity contribution in [3.63, 3.8) is 0 Å². The Labute approximate surface area is 81.9 Å². The largest absolute Gasteiger partial charge is 0.381 e. The predicted octanol–water partition coefficient (Wildman–Crippen LogP) is 3.10. The Balaban J connectivity index is 1.97. The number of fused-ring (bicyclic) bond motifs is 1. The molecule has 3 unspecified atom stereocenters. The number of rotatable bonds is 0. The monoisotopic (exact) mass is 182 g/mol. The number of hydrogen-bond donors (Lipinski definition) is 0. The second-order valence-electron chi connectivity index (χ2n) is 5.93. The Kier molecular flexibility index (Phi) is 2.39. The van der Waals surface area contributed by atoms with Gasteiger partial charge in [-0.15, -0.1) is 0 Å². The van der Waals surface area contributed by atoms with Gasteiger partial charge in [-0.2, -0.15) is 0 Å². The fraction of sp³-hybridized carbons (Fsp3) is 1.00. The molecule has 0 aromatic rings. The summed E-state index contributed by atoms with van der Waals surface area (Å²) in [5.74, 6) is 2.71. The Hall–Kier alpha value is -0.0400. The zero-order chi connectivity index (χ0) is 9.47. The molecule has 0 spiro atoms. The lowest BCUT2D eigenvalue weighted by atomic mass is 9.66. The van der Waals surface area contributed by atoms with Gasteiger partial charge in [0.2, 0.25) is 0 Å². The minimum atomic E-state index is 0.508. The Morgan fingerprint density at radius 3 is 2.38 bits per heavy atom. The molecule has 2 rings (SSSR count). The molecular formula is C12H22O. The van der Waals surface area contributed by atoms with Gasteiger partial charge in [-0.05, 0) is 42.4 Å². The van der Waals surface area contributed by atoms with Gasteiger partial charge in [-0.25, -0.2) is 0 Å². The highest BCUT2D eigenvalue weighted by Crippen LogP contribution is 2.44. The molecule has 1 saturated heterocycles. The molecule has 2 fully saturated rings. The van der Waals surface area contributed by atoms with Gasteiger partial charge in [0.05, 0.1) is 0 Å². The van der Waals surface area contributed by atoms with Crippen molar-refractivity contribution in [2.24, 2.45) is 23.2 Å². The molecule has 2 aliphatic rings. The van der Waals surface area contributed by atoms with E-state index in [1.807, 2.05) is 0 Å². The van der Waals surface area contributed by atoms with E-state index in [0.29, 0.717) is 5.41 Å². The number of hydrogen-bond acceptors (Lipinski definition) is 1. The van der Waals surface area contributed by atoms with Crippen LogP contribution in [0.2, 0.25) is 0 Å². The van der Waals surface area contributed by atoms with E-state index in [1.54, 1.807) is 0 Å². The first-order valence-corrected chi connectivity index (χ1v) is 5.65. The SMILES string of the molecule is CC(C)(C)C1CCC2COCC2C1. The van der Waals surface area contributed by atoms with Crippen molar-refractivity contribution in [2.75, 3.05) is 13.2 Å². The summed E-state index contributed by atoms with van der Waals surface area (Å²) in [6.45, 7) is 9.23. The van der Waals surface area contributed by atoms with Gasteiger partial charge in [0.1, 0.15) is 0 Å². The smallest absolute Gasteiger partial charge is 0.0498 e. The molecule has 1 saturated carbocycles. The van der Waals surface area contributed by atoms with Crippen molar-refractivity contribution >= 4 is 0 Å². The molecule has 0 amide bonds. The molecule has 0 aromatic carbocycles. The van der Waals surface area contributed by atoms with E-state index in [-0.39, 0.29) is 0 Å². The topological polar surface area (TPSA) is 9.23 Å². The number of ether oxygens (including phenoxy) is 1. The Morgan fingerprint density at radius 1 is 1.00 bits per heavy atom. The second kappa shape index (κ2) is 3.27.